The first-order chi connectivity index (χ1) is 12.0. The average molecular weight is 399 g/mol. The Balaban J connectivity index is 0.00000196. The highest BCUT2D eigenvalue weighted by Gasteiger charge is 2.40. The van der Waals surface area contributed by atoms with E-state index in [1.54, 1.807) is 11.0 Å². The quantitative estimate of drug-likeness (QED) is 0.774. The molecule has 0 aliphatic carbocycles. The lowest BCUT2D eigenvalue weighted by atomic mass is 9.93. The van der Waals surface area contributed by atoms with Gasteiger partial charge in [0.05, 0.1) is 16.1 Å². The number of fused-ring (bicyclic) bond motifs is 1. The van der Waals surface area contributed by atoms with E-state index < -0.39 is 17.3 Å². The molecule has 138 valence electrons. The number of nitrogens with zero attached hydrogens (tertiary/aromatic N) is 2. The van der Waals surface area contributed by atoms with Crippen molar-refractivity contribution < 1.29 is 13.6 Å². The summed E-state index contributed by atoms with van der Waals surface area (Å²) in [6.07, 6.45) is 1.03. The number of likely N-dealkylation sites (tertiary alicyclic amines) is 1. The molecule has 3 heterocycles. The molecule has 26 heavy (non-hydrogen) atoms. The van der Waals surface area contributed by atoms with Crippen molar-refractivity contribution in [3.05, 3.63) is 51.7 Å². The molecule has 1 amide bonds. The molecule has 0 atom stereocenters. The molecule has 0 saturated carbocycles. The van der Waals surface area contributed by atoms with Gasteiger partial charge in [-0.15, -0.1) is 23.7 Å². The van der Waals surface area contributed by atoms with Crippen molar-refractivity contribution in [3.8, 4) is 0 Å². The Morgan fingerprint density at radius 2 is 2.04 bits per heavy atom. The highest BCUT2D eigenvalue weighted by Crippen LogP contribution is 2.35. The Labute approximate surface area is 159 Å². The summed E-state index contributed by atoms with van der Waals surface area (Å²) in [4.78, 5) is 19.4. The molecule has 5 nitrogen and oxygen atoms in total. The first kappa shape index (κ1) is 18.6. The number of halogens is 3. The maximum absolute atomic E-state index is 14.0. The minimum absolute atomic E-state index is 0. The van der Waals surface area contributed by atoms with Gasteiger partial charge in [-0.3, -0.25) is 4.79 Å². The molecule has 9 heteroatoms. The molecule has 2 aliphatic heterocycles. The second-order valence-corrected chi connectivity index (χ2v) is 7.18. The van der Waals surface area contributed by atoms with Crippen LogP contribution in [-0.4, -0.2) is 35.4 Å². The van der Waals surface area contributed by atoms with Crippen LogP contribution in [0.5, 0.6) is 0 Å². The zero-order valence-corrected chi connectivity index (χ0v) is 15.3. The first-order valence-electron chi connectivity index (χ1n) is 7.93. The number of carbonyl (C=O) groups is 1. The molecule has 0 radical (unpaired) electrons. The van der Waals surface area contributed by atoms with Gasteiger partial charge >= 0.3 is 0 Å². The van der Waals surface area contributed by atoms with Gasteiger partial charge in [0, 0.05) is 32.0 Å². The molecule has 2 aliphatic rings. The van der Waals surface area contributed by atoms with Gasteiger partial charge in [-0.25, -0.2) is 13.8 Å². The maximum Gasteiger partial charge on any atom is 0.263 e. The van der Waals surface area contributed by atoms with E-state index in [1.165, 1.54) is 17.4 Å². The smallest absolute Gasteiger partial charge is 0.263 e. The van der Waals surface area contributed by atoms with Crippen LogP contribution in [-0.2, 0) is 0 Å². The van der Waals surface area contributed by atoms with Crippen LogP contribution >= 0.6 is 23.7 Å². The number of aliphatic imine (C=N–C) groups is 1. The Morgan fingerprint density at radius 3 is 2.69 bits per heavy atom. The fourth-order valence-corrected chi connectivity index (χ4v) is 4.06. The molecule has 4 rings (SSSR count). The maximum atomic E-state index is 14.0. The number of hydrogen-bond acceptors (Lipinski definition) is 5. The van der Waals surface area contributed by atoms with E-state index >= 15 is 0 Å². The number of amides is 1. The first-order valence-corrected chi connectivity index (χ1v) is 8.81. The third kappa shape index (κ3) is 3.14. The van der Waals surface area contributed by atoms with E-state index in [1.807, 2.05) is 11.4 Å². The van der Waals surface area contributed by atoms with Crippen LogP contribution in [0.1, 0.15) is 28.1 Å². The van der Waals surface area contributed by atoms with Crippen LogP contribution in [0.25, 0.3) is 0 Å². The monoisotopic (exact) mass is 398 g/mol. The predicted molar refractivity (Wildman–Crippen MR) is 100 cm³/mol. The van der Waals surface area contributed by atoms with Crippen LogP contribution in [0.3, 0.4) is 0 Å². The number of anilines is 1. The number of nitrogens with one attached hydrogen (secondary N) is 1. The molecule has 1 fully saturated rings. The number of rotatable bonds is 1. The summed E-state index contributed by atoms with van der Waals surface area (Å²) in [5.41, 5.74) is 5.62. The average Bonchev–Trinajstić information content (AvgIpc) is 3.08. The van der Waals surface area contributed by atoms with E-state index in [-0.39, 0.29) is 29.7 Å². The lowest BCUT2D eigenvalue weighted by molar-refractivity contribution is 0.0690. The van der Waals surface area contributed by atoms with Crippen LogP contribution in [0, 0.1) is 11.6 Å². The second kappa shape index (κ2) is 6.85. The Hall–Kier alpha value is -2.19. The lowest BCUT2D eigenvalue weighted by Gasteiger charge is -2.42. The van der Waals surface area contributed by atoms with Gasteiger partial charge in [-0.05, 0) is 17.5 Å². The van der Waals surface area contributed by atoms with Crippen LogP contribution in [0.4, 0.5) is 14.5 Å². The molecule has 3 N–H and O–H groups in total. The number of amidine groups is 1. The summed E-state index contributed by atoms with van der Waals surface area (Å²) in [5, 5.41) is 5.00. The van der Waals surface area contributed by atoms with E-state index in [0.717, 1.165) is 6.07 Å². The van der Waals surface area contributed by atoms with Crippen molar-refractivity contribution in [3.63, 3.8) is 0 Å². The number of carbonyl (C=O) groups excluding carboxylic acids is 1. The molecule has 1 aromatic heterocycles. The molecule has 1 spiro atoms. The van der Waals surface area contributed by atoms with Crippen molar-refractivity contribution in [1.29, 1.82) is 0 Å². The third-order valence-corrected chi connectivity index (χ3v) is 5.48. The highest BCUT2D eigenvalue weighted by atomic mass is 35.5. The summed E-state index contributed by atoms with van der Waals surface area (Å²) in [6, 6.07) is 5.67. The van der Waals surface area contributed by atoms with Gasteiger partial charge in [-0.1, -0.05) is 6.07 Å². The highest BCUT2D eigenvalue weighted by molar-refractivity contribution is 7.12. The Bertz CT molecular complexity index is 864. The zero-order chi connectivity index (χ0) is 17.6. The van der Waals surface area contributed by atoms with Gasteiger partial charge < -0.3 is 16.0 Å². The van der Waals surface area contributed by atoms with Crippen molar-refractivity contribution in [1.82, 2.24) is 4.90 Å². The second-order valence-electron chi connectivity index (χ2n) is 6.23. The van der Waals surface area contributed by atoms with Gasteiger partial charge in [0.25, 0.3) is 5.91 Å². The number of piperidine rings is 1. The van der Waals surface area contributed by atoms with Gasteiger partial charge in [0.15, 0.2) is 0 Å². The standard InChI is InChI=1S/C17H16F2N4OS.ClH/c18-10-8-11(19)14-12(9-10)21-17(22-15(14)20)3-5-23(6-4-17)16(24)13-2-1-7-25-13;/h1-2,7-9,21H,3-6H2,(H2,20,22);1H. The number of nitrogens with two attached hydrogens (primary N) is 1. The number of thiophene rings is 1. The van der Waals surface area contributed by atoms with Crippen molar-refractivity contribution >= 4 is 41.2 Å². The fraction of sp³-hybridized carbons (Fsp3) is 0.294. The minimum Gasteiger partial charge on any atom is -0.383 e. The predicted octanol–water partition coefficient (Wildman–Crippen LogP) is 3.21. The SMILES string of the molecule is Cl.NC1=NC2(CCN(C(=O)c3cccs3)CC2)Nc2cc(F)cc(F)c21. The lowest BCUT2D eigenvalue weighted by Crippen LogP contribution is -2.52. The van der Waals surface area contributed by atoms with Crippen molar-refractivity contribution in [2.75, 3.05) is 18.4 Å². The molecular formula is C17H17ClF2N4OS. The van der Waals surface area contributed by atoms with Gasteiger partial charge in [-0.2, -0.15) is 0 Å². The summed E-state index contributed by atoms with van der Waals surface area (Å²) < 4.78 is 27.5. The Kier molecular flexibility index (Phi) is 4.90. The largest absolute Gasteiger partial charge is 0.383 e. The van der Waals surface area contributed by atoms with Crippen LogP contribution in [0.15, 0.2) is 34.6 Å². The zero-order valence-electron chi connectivity index (χ0n) is 13.7. The molecule has 0 unspecified atom stereocenters. The third-order valence-electron chi connectivity index (χ3n) is 4.62. The molecule has 2 aromatic rings. The van der Waals surface area contributed by atoms with E-state index in [0.29, 0.717) is 36.5 Å². The van der Waals surface area contributed by atoms with Crippen LogP contribution < -0.4 is 11.1 Å². The summed E-state index contributed by atoms with van der Waals surface area (Å²) in [7, 11) is 0. The minimum atomic E-state index is -0.733. The normalized spacial score (nSPS) is 17.8. The van der Waals surface area contributed by atoms with Crippen molar-refractivity contribution in [2.45, 2.75) is 18.5 Å². The van der Waals surface area contributed by atoms with Gasteiger partial charge in [0.1, 0.15) is 23.1 Å². The molecule has 1 aromatic carbocycles. The van der Waals surface area contributed by atoms with E-state index in [4.69, 9.17) is 5.73 Å². The van der Waals surface area contributed by atoms with E-state index in [9.17, 15) is 13.6 Å². The molecular weight excluding hydrogens is 382 g/mol. The Morgan fingerprint density at radius 1 is 1.31 bits per heavy atom. The van der Waals surface area contributed by atoms with Crippen LogP contribution in [0.2, 0.25) is 0 Å². The number of benzene rings is 1. The molecule has 0 bridgehead atoms. The van der Waals surface area contributed by atoms with Gasteiger partial charge in [0.2, 0.25) is 0 Å². The van der Waals surface area contributed by atoms with Crippen molar-refractivity contribution in [2.24, 2.45) is 10.7 Å². The summed E-state index contributed by atoms with van der Waals surface area (Å²) >= 11 is 1.41. The number of hydrogen-bond donors (Lipinski definition) is 2. The summed E-state index contributed by atoms with van der Waals surface area (Å²) in [6.45, 7) is 0.987. The summed E-state index contributed by atoms with van der Waals surface area (Å²) in [5.74, 6) is -1.35. The topological polar surface area (TPSA) is 70.7 Å². The molecule has 1 saturated heterocycles. The fourth-order valence-electron chi connectivity index (χ4n) is 3.37. The van der Waals surface area contributed by atoms with E-state index in [2.05, 4.69) is 10.3 Å².